The van der Waals surface area contributed by atoms with Crippen molar-refractivity contribution in [2.24, 2.45) is 0 Å². The van der Waals surface area contributed by atoms with Gasteiger partial charge in [-0.2, -0.15) is 0 Å². The lowest BCUT2D eigenvalue weighted by atomic mass is 9.82. The Hall–Kier alpha value is -6.85. The SMILES string of the molecule is CC1(C)c2ccccc2-c2c1ccc1c2c2ccccc2n1-c1cccc(-c2nc(-c3ccccc3)nc(-c3ccc4oc5ccccc5c4c3)n2)c1. The monoisotopic (exact) mass is 680 g/mol. The molecule has 0 aliphatic heterocycles. The Kier molecular flexibility index (Phi) is 6.23. The predicted molar refractivity (Wildman–Crippen MR) is 215 cm³/mol. The van der Waals surface area contributed by atoms with Gasteiger partial charge in [-0.15, -0.1) is 0 Å². The van der Waals surface area contributed by atoms with Gasteiger partial charge in [0.15, 0.2) is 17.5 Å². The largest absolute Gasteiger partial charge is 0.456 e. The van der Waals surface area contributed by atoms with Crippen LogP contribution in [0, 0.1) is 0 Å². The predicted octanol–water partition coefficient (Wildman–Crippen LogP) is 12.2. The summed E-state index contributed by atoms with van der Waals surface area (Å²) in [5, 5.41) is 4.64. The second-order valence-corrected chi connectivity index (χ2v) is 14.4. The average molecular weight is 681 g/mol. The highest BCUT2D eigenvalue weighted by molar-refractivity contribution is 6.18. The zero-order chi connectivity index (χ0) is 35.3. The van der Waals surface area contributed by atoms with Gasteiger partial charge in [0.1, 0.15) is 11.2 Å². The first-order valence-electron chi connectivity index (χ1n) is 18.0. The molecule has 0 saturated carbocycles. The number of hydrogen-bond donors (Lipinski definition) is 0. The van der Waals surface area contributed by atoms with E-state index in [0.29, 0.717) is 17.5 Å². The maximum Gasteiger partial charge on any atom is 0.164 e. The first-order valence-corrected chi connectivity index (χ1v) is 18.0. The number of para-hydroxylation sites is 2. The van der Waals surface area contributed by atoms with E-state index in [-0.39, 0.29) is 5.41 Å². The van der Waals surface area contributed by atoms with Crippen LogP contribution in [0.5, 0.6) is 0 Å². The summed E-state index contributed by atoms with van der Waals surface area (Å²) in [7, 11) is 0. The lowest BCUT2D eigenvalue weighted by Crippen LogP contribution is -2.14. The van der Waals surface area contributed by atoms with E-state index in [1.54, 1.807) is 0 Å². The first kappa shape index (κ1) is 29.8. The third-order valence-electron chi connectivity index (χ3n) is 11.0. The summed E-state index contributed by atoms with van der Waals surface area (Å²) in [5.41, 5.74) is 13.2. The van der Waals surface area contributed by atoms with Crippen LogP contribution in [0.2, 0.25) is 0 Å². The van der Waals surface area contributed by atoms with E-state index >= 15 is 0 Å². The smallest absolute Gasteiger partial charge is 0.164 e. The van der Waals surface area contributed by atoms with Crippen molar-refractivity contribution in [1.29, 1.82) is 0 Å². The van der Waals surface area contributed by atoms with Crippen LogP contribution in [0.3, 0.4) is 0 Å². The van der Waals surface area contributed by atoms with E-state index in [4.69, 9.17) is 19.4 Å². The Morgan fingerprint density at radius 1 is 0.472 bits per heavy atom. The fourth-order valence-corrected chi connectivity index (χ4v) is 8.53. The van der Waals surface area contributed by atoms with Crippen molar-refractivity contribution in [1.82, 2.24) is 19.5 Å². The van der Waals surface area contributed by atoms with Gasteiger partial charge in [-0.05, 0) is 70.8 Å². The van der Waals surface area contributed by atoms with Gasteiger partial charge in [-0.25, -0.2) is 15.0 Å². The summed E-state index contributed by atoms with van der Waals surface area (Å²) in [4.78, 5) is 15.3. The molecule has 0 saturated heterocycles. The molecule has 11 rings (SSSR count). The topological polar surface area (TPSA) is 56.7 Å². The van der Waals surface area contributed by atoms with Crippen LogP contribution in [-0.4, -0.2) is 19.5 Å². The molecule has 0 spiro atoms. The molecule has 5 heteroatoms. The summed E-state index contributed by atoms with van der Waals surface area (Å²) < 4.78 is 8.52. The summed E-state index contributed by atoms with van der Waals surface area (Å²) in [6.07, 6.45) is 0. The van der Waals surface area contributed by atoms with E-state index < -0.39 is 0 Å². The number of aromatic nitrogens is 4. The van der Waals surface area contributed by atoms with Gasteiger partial charge in [0, 0.05) is 49.3 Å². The quantitative estimate of drug-likeness (QED) is 0.186. The average Bonchev–Trinajstić information content (AvgIpc) is 3.83. The standard InChI is InChI=1S/C48H32N4O/c1-48(2)37-20-9-6-18-34(37)43-38(48)24-25-40-44(43)35-19-7-10-21-39(35)52(40)32-16-12-15-30(27-32)46-49-45(29-13-4-3-5-14-29)50-47(51-46)31-23-26-42-36(28-31)33-17-8-11-22-41(33)53-42/h3-28H,1-2H3. The summed E-state index contributed by atoms with van der Waals surface area (Å²) in [6, 6.07) is 55.3. The third kappa shape index (κ3) is 4.40. The molecule has 3 aromatic heterocycles. The van der Waals surface area contributed by atoms with Gasteiger partial charge in [-0.3, -0.25) is 0 Å². The molecule has 0 radical (unpaired) electrons. The first-order chi connectivity index (χ1) is 26.0. The minimum Gasteiger partial charge on any atom is -0.456 e. The zero-order valence-corrected chi connectivity index (χ0v) is 29.2. The Bertz CT molecular complexity index is 3100. The van der Waals surface area contributed by atoms with Crippen LogP contribution in [0.15, 0.2) is 162 Å². The number of furan rings is 1. The van der Waals surface area contributed by atoms with Crippen LogP contribution < -0.4 is 0 Å². The van der Waals surface area contributed by atoms with Gasteiger partial charge in [0.2, 0.25) is 0 Å². The van der Waals surface area contributed by atoms with Crippen LogP contribution >= 0.6 is 0 Å². The van der Waals surface area contributed by atoms with Gasteiger partial charge >= 0.3 is 0 Å². The Balaban J connectivity index is 1.12. The third-order valence-corrected chi connectivity index (χ3v) is 11.0. The van der Waals surface area contributed by atoms with E-state index in [9.17, 15) is 0 Å². The zero-order valence-electron chi connectivity index (χ0n) is 29.2. The molecular formula is C48H32N4O. The number of benzene rings is 7. The second-order valence-electron chi connectivity index (χ2n) is 14.4. The van der Waals surface area contributed by atoms with Gasteiger partial charge in [-0.1, -0.05) is 123 Å². The van der Waals surface area contributed by atoms with Crippen molar-refractivity contribution in [2.75, 3.05) is 0 Å². The molecule has 1 aliphatic carbocycles. The molecule has 3 heterocycles. The van der Waals surface area contributed by atoms with Crippen LogP contribution in [-0.2, 0) is 5.41 Å². The normalized spacial score (nSPS) is 13.2. The molecule has 1 aliphatic rings. The second kappa shape index (κ2) is 11.1. The Labute approximate surface area is 305 Å². The van der Waals surface area contributed by atoms with Crippen LogP contribution in [0.1, 0.15) is 25.0 Å². The molecule has 5 nitrogen and oxygen atoms in total. The highest BCUT2D eigenvalue weighted by Gasteiger charge is 2.37. The lowest BCUT2D eigenvalue weighted by molar-refractivity contribution is 0.661. The van der Waals surface area contributed by atoms with Gasteiger partial charge < -0.3 is 8.98 Å². The number of fused-ring (bicyclic) bond motifs is 10. The van der Waals surface area contributed by atoms with Crippen molar-refractivity contribution in [3.05, 3.63) is 169 Å². The van der Waals surface area contributed by atoms with Gasteiger partial charge in [0.05, 0.1) is 11.0 Å². The minimum atomic E-state index is -0.0780. The minimum absolute atomic E-state index is 0.0780. The molecular weight excluding hydrogens is 649 g/mol. The lowest BCUT2D eigenvalue weighted by Gasteiger charge is -2.21. The van der Waals surface area contributed by atoms with E-state index in [0.717, 1.165) is 49.8 Å². The summed E-state index contributed by atoms with van der Waals surface area (Å²) in [6.45, 7) is 4.68. The highest BCUT2D eigenvalue weighted by Crippen LogP contribution is 2.53. The Morgan fingerprint density at radius 3 is 1.98 bits per heavy atom. The van der Waals surface area contributed by atoms with Gasteiger partial charge in [0.25, 0.3) is 0 Å². The van der Waals surface area contributed by atoms with Crippen molar-refractivity contribution >= 4 is 43.7 Å². The molecule has 0 N–H and O–H groups in total. The number of rotatable bonds is 4. The van der Waals surface area contributed by atoms with Crippen molar-refractivity contribution in [3.63, 3.8) is 0 Å². The molecule has 0 amide bonds. The van der Waals surface area contributed by atoms with Crippen LogP contribution in [0.25, 0.3) is 94.7 Å². The number of hydrogen-bond acceptors (Lipinski definition) is 4. The summed E-state index contributed by atoms with van der Waals surface area (Å²) in [5.74, 6) is 1.85. The maximum absolute atomic E-state index is 6.14. The maximum atomic E-state index is 6.14. The molecule has 0 unspecified atom stereocenters. The Morgan fingerprint density at radius 2 is 1.13 bits per heavy atom. The fourth-order valence-electron chi connectivity index (χ4n) is 8.53. The molecule has 0 fully saturated rings. The highest BCUT2D eigenvalue weighted by atomic mass is 16.3. The molecule has 53 heavy (non-hydrogen) atoms. The van der Waals surface area contributed by atoms with Crippen molar-refractivity contribution in [3.8, 4) is 51.0 Å². The van der Waals surface area contributed by atoms with E-state index in [1.165, 1.54) is 38.5 Å². The van der Waals surface area contributed by atoms with Crippen molar-refractivity contribution < 1.29 is 4.42 Å². The van der Waals surface area contributed by atoms with E-state index in [1.807, 2.05) is 60.7 Å². The van der Waals surface area contributed by atoms with Crippen molar-refractivity contribution in [2.45, 2.75) is 19.3 Å². The summed E-state index contributed by atoms with van der Waals surface area (Å²) >= 11 is 0. The number of nitrogens with zero attached hydrogens (tertiary/aromatic N) is 4. The molecule has 0 bridgehead atoms. The fraction of sp³-hybridized carbons (Fsp3) is 0.0625. The molecule has 10 aromatic rings. The molecule has 250 valence electrons. The van der Waals surface area contributed by atoms with Crippen LogP contribution in [0.4, 0.5) is 0 Å². The van der Waals surface area contributed by atoms with E-state index in [2.05, 4.69) is 115 Å². The molecule has 0 atom stereocenters. The molecule has 7 aromatic carbocycles.